The van der Waals surface area contributed by atoms with Crippen LogP contribution in [0.25, 0.3) is 0 Å². The van der Waals surface area contributed by atoms with Crippen molar-refractivity contribution in [3.05, 3.63) is 12.2 Å². The fourth-order valence-electron chi connectivity index (χ4n) is 3.54. The molecule has 0 N–H and O–H groups in total. The molecule has 2 atom stereocenters. The maximum atomic E-state index is 5.11. The largest absolute Gasteiger partial charge is 0.340 e. The Morgan fingerprint density at radius 3 is 3.05 bits per heavy atom. The molecule has 106 valence electrons. The molecule has 2 unspecified atom stereocenters. The summed E-state index contributed by atoms with van der Waals surface area (Å²) in [6.07, 6.45) is 5.09. The first-order valence-corrected chi connectivity index (χ1v) is 7.47. The van der Waals surface area contributed by atoms with Gasteiger partial charge in [-0.15, -0.1) is 0 Å². The molecule has 0 spiro atoms. The molecule has 0 radical (unpaired) electrons. The number of rotatable bonds is 4. The van der Waals surface area contributed by atoms with E-state index in [4.69, 9.17) is 4.52 Å². The molecule has 0 amide bonds. The van der Waals surface area contributed by atoms with Gasteiger partial charge >= 0.3 is 0 Å². The van der Waals surface area contributed by atoms with Gasteiger partial charge in [0.2, 0.25) is 5.89 Å². The predicted molar refractivity (Wildman–Crippen MR) is 72.8 cm³/mol. The van der Waals surface area contributed by atoms with Gasteiger partial charge in [0.15, 0.2) is 6.33 Å². The van der Waals surface area contributed by atoms with E-state index in [0.717, 1.165) is 24.9 Å². The Labute approximate surface area is 115 Å². The van der Waals surface area contributed by atoms with Gasteiger partial charge in [-0.2, -0.15) is 4.98 Å². The average molecular weight is 264 g/mol. The Balaban J connectivity index is 1.63. The van der Waals surface area contributed by atoms with E-state index in [-0.39, 0.29) is 0 Å². The van der Waals surface area contributed by atoms with Crippen molar-refractivity contribution in [1.29, 1.82) is 0 Å². The monoisotopic (exact) mass is 264 g/mol. The number of hydrogen-bond donors (Lipinski definition) is 0. The van der Waals surface area contributed by atoms with Crippen LogP contribution in [0.2, 0.25) is 0 Å². The summed E-state index contributed by atoms with van der Waals surface area (Å²) in [5.41, 5.74) is 0. The number of hydrogen-bond acceptors (Lipinski definition) is 5. The van der Waals surface area contributed by atoms with Crippen LogP contribution in [0.1, 0.15) is 32.6 Å². The van der Waals surface area contributed by atoms with Crippen molar-refractivity contribution >= 4 is 0 Å². The van der Waals surface area contributed by atoms with Crippen molar-refractivity contribution in [3.63, 3.8) is 0 Å². The zero-order valence-corrected chi connectivity index (χ0v) is 12.0. The van der Waals surface area contributed by atoms with Crippen LogP contribution in [0.4, 0.5) is 0 Å². The summed E-state index contributed by atoms with van der Waals surface area (Å²) in [6, 6.07) is 1.44. The number of nitrogens with zero attached hydrogens (tertiary/aromatic N) is 4. The predicted octanol–water partition coefficient (Wildman–Crippen LogP) is 1.42. The van der Waals surface area contributed by atoms with Crippen LogP contribution in [0.3, 0.4) is 0 Å². The molecule has 0 saturated carbocycles. The molecule has 0 aliphatic carbocycles. The van der Waals surface area contributed by atoms with Crippen LogP contribution >= 0.6 is 0 Å². The summed E-state index contributed by atoms with van der Waals surface area (Å²) in [5.74, 6) is 1.46. The maximum Gasteiger partial charge on any atom is 0.227 e. The van der Waals surface area contributed by atoms with Gasteiger partial charge in [-0.3, -0.25) is 9.80 Å². The quantitative estimate of drug-likeness (QED) is 0.823. The molecule has 0 aromatic carbocycles. The van der Waals surface area contributed by atoms with E-state index < -0.39 is 0 Å². The molecule has 2 saturated heterocycles. The lowest BCUT2D eigenvalue weighted by atomic mass is 9.97. The molecule has 2 aliphatic heterocycles. The topological polar surface area (TPSA) is 45.4 Å². The third-order valence-electron chi connectivity index (χ3n) is 4.62. The lowest BCUT2D eigenvalue weighted by Gasteiger charge is -2.45. The van der Waals surface area contributed by atoms with E-state index >= 15 is 0 Å². The smallest absolute Gasteiger partial charge is 0.227 e. The van der Waals surface area contributed by atoms with Gasteiger partial charge in [0.05, 0.1) is 0 Å². The second-order valence-corrected chi connectivity index (χ2v) is 6.18. The fourth-order valence-corrected chi connectivity index (χ4v) is 3.54. The second-order valence-electron chi connectivity index (χ2n) is 6.18. The minimum absolute atomic E-state index is 0.664. The lowest BCUT2D eigenvalue weighted by molar-refractivity contribution is 0.0290. The first kappa shape index (κ1) is 13.1. The van der Waals surface area contributed by atoms with E-state index in [2.05, 4.69) is 33.8 Å². The first-order chi connectivity index (χ1) is 9.24. The average Bonchev–Trinajstić information content (AvgIpc) is 3.05. The van der Waals surface area contributed by atoms with Crippen LogP contribution in [-0.2, 0) is 6.42 Å². The van der Waals surface area contributed by atoms with Crippen LogP contribution < -0.4 is 0 Å². The van der Waals surface area contributed by atoms with Crippen molar-refractivity contribution in [2.24, 2.45) is 5.92 Å². The summed E-state index contributed by atoms with van der Waals surface area (Å²) < 4.78 is 5.11. The number of piperazine rings is 1. The minimum atomic E-state index is 0.664. The molecular weight excluding hydrogens is 240 g/mol. The van der Waals surface area contributed by atoms with E-state index in [1.807, 2.05) is 0 Å². The fraction of sp³-hybridized carbons (Fsp3) is 0.857. The Morgan fingerprint density at radius 1 is 1.42 bits per heavy atom. The van der Waals surface area contributed by atoms with Gasteiger partial charge < -0.3 is 4.52 Å². The van der Waals surface area contributed by atoms with Gasteiger partial charge in [0.1, 0.15) is 0 Å². The summed E-state index contributed by atoms with van der Waals surface area (Å²) in [7, 11) is 0. The molecule has 2 fully saturated rings. The van der Waals surface area contributed by atoms with Gasteiger partial charge in [0.25, 0.3) is 0 Å². The number of fused-ring (bicyclic) bond motifs is 1. The zero-order valence-electron chi connectivity index (χ0n) is 12.0. The van der Waals surface area contributed by atoms with Crippen LogP contribution in [-0.4, -0.2) is 58.2 Å². The Kier molecular flexibility index (Phi) is 3.84. The van der Waals surface area contributed by atoms with Crippen molar-refractivity contribution in [2.75, 3.05) is 26.2 Å². The first-order valence-electron chi connectivity index (χ1n) is 7.47. The number of aromatic nitrogens is 2. The normalized spacial score (nSPS) is 29.0. The highest BCUT2D eigenvalue weighted by atomic mass is 16.5. The minimum Gasteiger partial charge on any atom is -0.340 e. The summed E-state index contributed by atoms with van der Waals surface area (Å²) >= 11 is 0. The van der Waals surface area contributed by atoms with E-state index in [1.54, 1.807) is 0 Å². The molecular formula is C14H24N4O. The molecule has 19 heavy (non-hydrogen) atoms. The third kappa shape index (κ3) is 2.82. The van der Waals surface area contributed by atoms with Crippen molar-refractivity contribution < 1.29 is 4.52 Å². The molecule has 0 bridgehead atoms. The summed E-state index contributed by atoms with van der Waals surface area (Å²) in [6.45, 7) is 9.44. The SMILES string of the molecule is CC(C)C1CN2CCCC2CN1CCc1ncno1. The van der Waals surface area contributed by atoms with Crippen LogP contribution in [0.15, 0.2) is 10.9 Å². The Morgan fingerprint density at radius 2 is 2.32 bits per heavy atom. The molecule has 1 aromatic rings. The Bertz CT molecular complexity index is 392. The van der Waals surface area contributed by atoms with Crippen molar-refractivity contribution in [1.82, 2.24) is 19.9 Å². The molecule has 5 nitrogen and oxygen atoms in total. The molecule has 2 aliphatic rings. The maximum absolute atomic E-state index is 5.11. The molecule has 3 rings (SSSR count). The second kappa shape index (κ2) is 5.59. The molecule has 1 aromatic heterocycles. The van der Waals surface area contributed by atoms with Gasteiger partial charge in [-0.25, -0.2) is 0 Å². The highest BCUT2D eigenvalue weighted by Gasteiger charge is 2.37. The van der Waals surface area contributed by atoms with Crippen molar-refractivity contribution in [2.45, 2.75) is 45.2 Å². The van der Waals surface area contributed by atoms with Gasteiger partial charge in [-0.05, 0) is 25.3 Å². The summed E-state index contributed by atoms with van der Waals surface area (Å²) in [4.78, 5) is 9.45. The van der Waals surface area contributed by atoms with E-state index in [1.165, 1.54) is 38.8 Å². The highest BCUT2D eigenvalue weighted by Crippen LogP contribution is 2.27. The van der Waals surface area contributed by atoms with E-state index in [0.29, 0.717) is 12.0 Å². The standard InChI is InChI=1S/C14H24N4O/c1-11(2)13-9-17-6-3-4-12(17)8-18(13)7-5-14-15-10-16-19-14/h10-13H,3-9H2,1-2H3. The Hall–Kier alpha value is -0.940. The van der Waals surface area contributed by atoms with Gasteiger partial charge in [-0.1, -0.05) is 19.0 Å². The van der Waals surface area contributed by atoms with E-state index in [9.17, 15) is 0 Å². The zero-order chi connectivity index (χ0) is 13.2. The lowest BCUT2D eigenvalue weighted by Crippen LogP contribution is -2.58. The highest BCUT2D eigenvalue weighted by molar-refractivity contribution is 4.94. The van der Waals surface area contributed by atoms with Crippen LogP contribution in [0, 0.1) is 5.92 Å². The molecule has 5 heteroatoms. The third-order valence-corrected chi connectivity index (χ3v) is 4.62. The van der Waals surface area contributed by atoms with Gasteiger partial charge in [0, 0.05) is 38.1 Å². The van der Waals surface area contributed by atoms with Crippen molar-refractivity contribution in [3.8, 4) is 0 Å². The summed E-state index contributed by atoms with van der Waals surface area (Å²) in [5, 5.41) is 3.68. The molecule has 3 heterocycles. The van der Waals surface area contributed by atoms with Crippen LogP contribution in [0.5, 0.6) is 0 Å².